The topological polar surface area (TPSA) is 101 Å². The summed E-state index contributed by atoms with van der Waals surface area (Å²) >= 11 is 6.12. The predicted molar refractivity (Wildman–Crippen MR) is 81.0 cm³/mol. The van der Waals surface area contributed by atoms with Crippen molar-refractivity contribution in [2.24, 2.45) is 5.10 Å². The van der Waals surface area contributed by atoms with Crippen molar-refractivity contribution < 1.29 is 9.47 Å². The van der Waals surface area contributed by atoms with Crippen LogP contribution in [0.3, 0.4) is 0 Å². The number of anilines is 1. The number of aromatic amines is 1. The van der Waals surface area contributed by atoms with Gasteiger partial charge in [0, 0.05) is 0 Å². The molecule has 1 aliphatic heterocycles. The molecule has 2 heterocycles. The molecule has 0 saturated carbocycles. The van der Waals surface area contributed by atoms with Crippen LogP contribution in [0.15, 0.2) is 22.0 Å². The molecule has 0 atom stereocenters. The van der Waals surface area contributed by atoms with E-state index in [-0.39, 0.29) is 17.2 Å². The van der Waals surface area contributed by atoms with E-state index in [1.807, 2.05) is 0 Å². The highest BCUT2D eigenvalue weighted by atomic mass is 35.5. The van der Waals surface area contributed by atoms with Gasteiger partial charge in [-0.3, -0.25) is 9.78 Å². The number of nitrogens with one attached hydrogen (secondary N) is 2. The van der Waals surface area contributed by atoms with Crippen molar-refractivity contribution in [1.29, 1.82) is 0 Å². The fraction of sp³-hybridized carbons (Fsp3) is 0.231. The molecule has 3 rings (SSSR count). The maximum absolute atomic E-state index is 11.4. The minimum Gasteiger partial charge on any atom is -0.486 e. The summed E-state index contributed by atoms with van der Waals surface area (Å²) in [5.41, 5.74) is 3.26. The summed E-state index contributed by atoms with van der Waals surface area (Å²) in [5.74, 6) is 1.26. The summed E-state index contributed by atoms with van der Waals surface area (Å²) in [4.78, 5) is 13.9. The lowest BCUT2D eigenvalue weighted by molar-refractivity contribution is 0.171. The minimum absolute atomic E-state index is 0.149. The zero-order chi connectivity index (χ0) is 15.5. The molecule has 0 fully saturated rings. The van der Waals surface area contributed by atoms with E-state index < -0.39 is 0 Å². The molecule has 0 bridgehead atoms. The molecule has 22 heavy (non-hydrogen) atoms. The number of hydrazone groups is 1. The summed E-state index contributed by atoms with van der Waals surface area (Å²) in [5, 5.41) is 11.9. The van der Waals surface area contributed by atoms with E-state index in [4.69, 9.17) is 21.1 Å². The fourth-order valence-electron chi connectivity index (χ4n) is 1.82. The van der Waals surface area contributed by atoms with E-state index in [1.165, 1.54) is 6.21 Å². The van der Waals surface area contributed by atoms with E-state index in [1.54, 1.807) is 19.1 Å². The number of hydrogen-bond acceptors (Lipinski definition) is 7. The number of fused-ring (bicyclic) bond motifs is 1. The molecule has 1 aromatic heterocycles. The van der Waals surface area contributed by atoms with E-state index in [9.17, 15) is 4.79 Å². The van der Waals surface area contributed by atoms with Crippen molar-refractivity contribution >= 4 is 23.8 Å². The number of hydrogen-bond donors (Lipinski definition) is 2. The van der Waals surface area contributed by atoms with Crippen LogP contribution in [0.5, 0.6) is 11.5 Å². The van der Waals surface area contributed by atoms with Gasteiger partial charge in [-0.2, -0.15) is 5.10 Å². The summed E-state index contributed by atoms with van der Waals surface area (Å²) in [6, 6.07) is 3.46. The van der Waals surface area contributed by atoms with Gasteiger partial charge in [-0.25, -0.2) is 5.43 Å². The zero-order valence-electron chi connectivity index (χ0n) is 11.6. The van der Waals surface area contributed by atoms with Gasteiger partial charge in [0.15, 0.2) is 11.5 Å². The first kappa shape index (κ1) is 14.3. The van der Waals surface area contributed by atoms with Crippen molar-refractivity contribution in [1.82, 2.24) is 15.2 Å². The van der Waals surface area contributed by atoms with Crippen LogP contribution in [0.25, 0.3) is 0 Å². The van der Waals surface area contributed by atoms with Gasteiger partial charge in [-0.1, -0.05) is 11.6 Å². The van der Waals surface area contributed by atoms with Crippen LogP contribution in [-0.2, 0) is 0 Å². The Balaban J connectivity index is 1.76. The van der Waals surface area contributed by atoms with Crippen molar-refractivity contribution in [2.75, 3.05) is 18.6 Å². The number of aromatic nitrogens is 3. The van der Waals surface area contributed by atoms with Crippen LogP contribution in [0.2, 0.25) is 5.02 Å². The summed E-state index contributed by atoms with van der Waals surface area (Å²) in [6.45, 7) is 2.51. The summed E-state index contributed by atoms with van der Waals surface area (Å²) in [7, 11) is 0. The molecule has 1 aliphatic rings. The Morgan fingerprint density at radius 1 is 1.36 bits per heavy atom. The first-order valence-corrected chi connectivity index (χ1v) is 6.83. The molecule has 0 unspecified atom stereocenters. The maximum Gasteiger partial charge on any atom is 0.274 e. The van der Waals surface area contributed by atoms with Crippen LogP contribution in [0.4, 0.5) is 5.95 Å². The zero-order valence-corrected chi connectivity index (χ0v) is 12.3. The molecule has 8 nitrogen and oxygen atoms in total. The van der Waals surface area contributed by atoms with Crippen LogP contribution in [-0.4, -0.2) is 34.6 Å². The number of benzene rings is 1. The Kier molecular flexibility index (Phi) is 3.92. The standard InChI is InChI=1S/C13H12ClN5O3/c1-7-12(20)16-13(19-17-7)18-15-6-8-4-9(14)11-10(5-8)21-2-3-22-11/h4-6H,2-3H2,1H3,(H2,16,18,19,20)/b15-6-. The van der Waals surface area contributed by atoms with Crippen molar-refractivity contribution in [3.05, 3.63) is 38.8 Å². The van der Waals surface area contributed by atoms with E-state index in [0.29, 0.717) is 35.3 Å². The molecule has 1 aromatic carbocycles. The monoisotopic (exact) mass is 321 g/mol. The number of ether oxygens (including phenoxy) is 2. The first-order valence-electron chi connectivity index (χ1n) is 6.45. The smallest absolute Gasteiger partial charge is 0.274 e. The van der Waals surface area contributed by atoms with Crippen molar-refractivity contribution in [3.63, 3.8) is 0 Å². The van der Waals surface area contributed by atoms with Gasteiger partial charge in [-0.05, 0) is 24.6 Å². The molecule has 0 aliphatic carbocycles. The Morgan fingerprint density at radius 2 is 2.18 bits per heavy atom. The SMILES string of the molecule is Cc1nnc(N/N=C\c2cc(Cl)c3c(c2)OCCO3)[nH]c1=O. The second-order valence-electron chi connectivity index (χ2n) is 4.49. The average molecular weight is 322 g/mol. The molecular formula is C13H12ClN5O3. The number of H-pyrrole nitrogens is 1. The summed E-state index contributed by atoms with van der Waals surface area (Å²) in [6.07, 6.45) is 1.52. The van der Waals surface area contributed by atoms with Crippen LogP contribution < -0.4 is 20.5 Å². The lowest BCUT2D eigenvalue weighted by Gasteiger charge is -2.19. The largest absolute Gasteiger partial charge is 0.486 e. The van der Waals surface area contributed by atoms with Gasteiger partial charge >= 0.3 is 0 Å². The predicted octanol–water partition coefficient (Wildman–Crippen LogP) is 1.34. The second kappa shape index (κ2) is 6.02. The molecule has 0 radical (unpaired) electrons. The second-order valence-corrected chi connectivity index (χ2v) is 4.89. The third kappa shape index (κ3) is 3.01. The molecule has 0 saturated heterocycles. The van der Waals surface area contributed by atoms with Crippen LogP contribution in [0.1, 0.15) is 11.3 Å². The number of rotatable bonds is 3. The third-order valence-corrected chi connectivity index (χ3v) is 3.14. The highest BCUT2D eigenvalue weighted by Gasteiger charge is 2.16. The normalized spacial score (nSPS) is 13.4. The van der Waals surface area contributed by atoms with Crippen LogP contribution in [0, 0.1) is 6.92 Å². The fourth-order valence-corrected chi connectivity index (χ4v) is 2.09. The minimum atomic E-state index is -0.324. The molecule has 9 heteroatoms. The third-order valence-electron chi connectivity index (χ3n) is 2.86. The van der Waals surface area contributed by atoms with E-state index in [0.717, 1.165) is 0 Å². The lowest BCUT2D eigenvalue weighted by atomic mass is 10.2. The molecule has 2 aromatic rings. The van der Waals surface area contributed by atoms with Gasteiger partial charge in [0.2, 0.25) is 5.95 Å². The van der Waals surface area contributed by atoms with Gasteiger partial charge in [0.1, 0.15) is 18.9 Å². The molecule has 0 amide bonds. The van der Waals surface area contributed by atoms with E-state index in [2.05, 4.69) is 25.7 Å². The van der Waals surface area contributed by atoms with E-state index >= 15 is 0 Å². The van der Waals surface area contributed by atoms with Crippen LogP contribution >= 0.6 is 11.6 Å². The summed E-state index contributed by atoms with van der Waals surface area (Å²) < 4.78 is 10.9. The number of halogens is 1. The molecule has 114 valence electrons. The van der Waals surface area contributed by atoms with Crippen molar-refractivity contribution in [2.45, 2.75) is 6.92 Å². The highest BCUT2D eigenvalue weighted by molar-refractivity contribution is 6.32. The van der Waals surface area contributed by atoms with Gasteiger partial charge in [-0.15, -0.1) is 10.2 Å². The molecular weight excluding hydrogens is 310 g/mol. The average Bonchev–Trinajstić information content (AvgIpc) is 2.51. The Labute approximate surface area is 130 Å². The quantitative estimate of drug-likeness (QED) is 0.653. The molecule has 2 N–H and O–H groups in total. The highest BCUT2D eigenvalue weighted by Crippen LogP contribution is 2.37. The Morgan fingerprint density at radius 3 is 3.00 bits per heavy atom. The van der Waals surface area contributed by atoms with Gasteiger partial charge in [0.25, 0.3) is 5.56 Å². The molecule has 0 spiro atoms. The maximum atomic E-state index is 11.4. The van der Waals surface area contributed by atoms with Gasteiger partial charge < -0.3 is 9.47 Å². The number of aryl methyl sites for hydroxylation is 1. The Hall–Kier alpha value is -2.61. The number of nitrogens with zero attached hydrogens (tertiary/aromatic N) is 3. The Bertz CT molecular complexity index is 790. The van der Waals surface area contributed by atoms with Gasteiger partial charge in [0.05, 0.1) is 11.2 Å². The van der Waals surface area contributed by atoms with Crippen molar-refractivity contribution in [3.8, 4) is 11.5 Å². The lowest BCUT2D eigenvalue weighted by Crippen LogP contribution is -2.16. The first-order chi connectivity index (χ1) is 10.6.